The number of nitrogens with one attached hydrogen (secondary N) is 1. The van der Waals surface area contributed by atoms with E-state index in [1.807, 2.05) is 0 Å². The van der Waals surface area contributed by atoms with Crippen LogP contribution in [0.5, 0.6) is 0 Å². The molecule has 4 N–H and O–H groups in total. The van der Waals surface area contributed by atoms with Crippen LogP contribution in [0.4, 0.5) is 5.69 Å². The molecule has 0 aromatic heterocycles. The van der Waals surface area contributed by atoms with Gasteiger partial charge in [-0.2, -0.15) is 0 Å². The lowest BCUT2D eigenvalue weighted by atomic mass is 10.0. The number of benzene rings is 1. The fourth-order valence-corrected chi connectivity index (χ4v) is 2.51. The molecule has 0 heterocycles. The van der Waals surface area contributed by atoms with Gasteiger partial charge in [0.15, 0.2) is 0 Å². The van der Waals surface area contributed by atoms with Crippen LogP contribution >= 0.6 is 0 Å². The fourth-order valence-electron chi connectivity index (χ4n) is 2.51. The van der Waals surface area contributed by atoms with Gasteiger partial charge >= 0.3 is 5.97 Å². The first-order chi connectivity index (χ1) is 9.06. The van der Waals surface area contributed by atoms with Crippen LogP contribution in [0.2, 0.25) is 0 Å². The highest BCUT2D eigenvalue weighted by Crippen LogP contribution is 2.25. The predicted octanol–water partition coefficient (Wildman–Crippen LogP) is 1.18. The summed E-state index contributed by atoms with van der Waals surface area (Å²) in [5.41, 5.74) is 7.11. The molecule has 2 atom stereocenters. The Bertz CT molecular complexity index is 470. The molecule has 1 amide bonds. The van der Waals surface area contributed by atoms with Gasteiger partial charge in [-0.1, -0.05) is 18.6 Å². The first-order valence-electron chi connectivity index (χ1n) is 6.43. The summed E-state index contributed by atoms with van der Waals surface area (Å²) in [6, 6.07) is 6.87. The predicted molar refractivity (Wildman–Crippen MR) is 71.5 cm³/mol. The average Bonchev–Trinajstić information content (AvgIpc) is 2.80. The van der Waals surface area contributed by atoms with E-state index in [-0.39, 0.29) is 18.4 Å². The number of carbonyl (C=O) groups excluding carboxylic acids is 1. The number of aliphatic carboxylic acids is 1. The van der Waals surface area contributed by atoms with Crippen molar-refractivity contribution in [2.75, 3.05) is 5.73 Å². The molecule has 5 heteroatoms. The van der Waals surface area contributed by atoms with E-state index < -0.39 is 11.9 Å². The van der Waals surface area contributed by atoms with Crippen LogP contribution in [0.3, 0.4) is 0 Å². The molecule has 1 aliphatic carbocycles. The minimum atomic E-state index is -0.824. The number of rotatable bonds is 4. The smallest absolute Gasteiger partial charge is 0.308 e. The SMILES string of the molecule is Nc1ccc(CC(=O)NC2CCCC2C(=O)O)cc1. The summed E-state index contributed by atoms with van der Waals surface area (Å²) in [7, 11) is 0. The Labute approximate surface area is 111 Å². The Morgan fingerprint density at radius 1 is 1.26 bits per heavy atom. The lowest BCUT2D eigenvalue weighted by molar-refractivity contribution is -0.142. The Morgan fingerprint density at radius 3 is 2.58 bits per heavy atom. The molecule has 19 heavy (non-hydrogen) atoms. The molecular formula is C14H18N2O3. The van der Waals surface area contributed by atoms with E-state index in [0.717, 1.165) is 18.4 Å². The van der Waals surface area contributed by atoms with Crippen LogP contribution < -0.4 is 11.1 Å². The van der Waals surface area contributed by atoms with Gasteiger partial charge in [-0.15, -0.1) is 0 Å². The summed E-state index contributed by atoms with van der Waals surface area (Å²) >= 11 is 0. The Kier molecular flexibility index (Phi) is 4.04. The highest BCUT2D eigenvalue weighted by molar-refractivity contribution is 5.80. The summed E-state index contributed by atoms with van der Waals surface area (Å²) < 4.78 is 0. The number of nitrogens with two attached hydrogens (primary N) is 1. The van der Waals surface area contributed by atoms with E-state index >= 15 is 0 Å². The van der Waals surface area contributed by atoms with E-state index in [0.29, 0.717) is 12.1 Å². The molecule has 0 bridgehead atoms. The maximum Gasteiger partial charge on any atom is 0.308 e. The molecule has 1 fully saturated rings. The normalized spacial score (nSPS) is 22.1. The Morgan fingerprint density at radius 2 is 1.95 bits per heavy atom. The van der Waals surface area contributed by atoms with Gasteiger partial charge in [-0.3, -0.25) is 9.59 Å². The van der Waals surface area contributed by atoms with Gasteiger partial charge < -0.3 is 16.2 Å². The molecule has 5 nitrogen and oxygen atoms in total. The van der Waals surface area contributed by atoms with Crippen molar-refractivity contribution in [1.29, 1.82) is 0 Å². The zero-order valence-electron chi connectivity index (χ0n) is 10.6. The number of hydrogen-bond acceptors (Lipinski definition) is 3. The minimum Gasteiger partial charge on any atom is -0.481 e. The summed E-state index contributed by atoms with van der Waals surface area (Å²) in [5.74, 6) is -1.41. The number of carbonyl (C=O) groups is 2. The van der Waals surface area contributed by atoms with Gasteiger partial charge in [0.1, 0.15) is 0 Å². The molecule has 102 valence electrons. The van der Waals surface area contributed by atoms with Gasteiger partial charge in [0.25, 0.3) is 0 Å². The number of anilines is 1. The van der Waals surface area contributed by atoms with E-state index in [4.69, 9.17) is 10.8 Å². The molecule has 2 unspecified atom stereocenters. The zero-order valence-corrected chi connectivity index (χ0v) is 10.6. The third-order valence-electron chi connectivity index (χ3n) is 3.52. The molecule has 0 spiro atoms. The fraction of sp³-hybridized carbons (Fsp3) is 0.429. The quantitative estimate of drug-likeness (QED) is 0.710. The average molecular weight is 262 g/mol. The van der Waals surface area contributed by atoms with Crippen LogP contribution in [0.1, 0.15) is 24.8 Å². The van der Waals surface area contributed by atoms with Gasteiger partial charge in [-0.05, 0) is 30.5 Å². The lowest BCUT2D eigenvalue weighted by Crippen LogP contribution is -2.40. The monoisotopic (exact) mass is 262 g/mol. The lowest BCUT2D eigenvalue weighted by Gasteiger charge is -2.17. The van der Waals surface area contributed by atoms with Crippen molar-refractivity contribution < 1.29 is 14.7 Å². The Balaban J connectivity index is 1.90. The summed E-state index contributed by atoms with van der Waals surface area (Å²) in [6.45, 7) is 0. The summed E-state index contributed by atoms with van der Waals surface area (Å²) in [6.07, 6.45) is 2.49. The molecule has 2 rings (SSSR count). The van der Waals surface area contributed by atoms with Crippen LogP contribution in [0.15, 0.2) is 24.3 Å². The van der Waals surface area contributed by atoms with Crippen LogP contribution in [0, 0.1) is 5.92 Å². The first kappa shape index (κ1) is 13.4. The van der Waals surface area contributed by atoms with Crippen LogP contribution in [-0.4, -0.2) is 23.0 Å². The third-order valence-corrected chi connectivity index (χ3v) is 3.52. The van der Waals surface area contributed by atoms with Crippen molar-refractivity contribution >= 4 is 17.6 Å². The van der Waals surface area contributed by atoms with Crippen molar-refractivity contribution in [2.24, 2.45) is 5.92 Å². The highest BCUT2D eigenvalue weighted by Gasteiger charge is 2.33. The standard InChI is InChI=1S/C14H18N2O3/c15-10-6-4-9(5-7-10)8-13(17)16-12-3-1-2-11(12)14(18)19/h4-7,11-12H,1-3,8,15H2,(H,16,17)(H,18,19). The number of nitrogen functional groups attached to an aromatic ring is 1. The number of carboxylic acids is 1. The molecule has 1 aromatic rings. The Hall–Kier alpha value is -2.04. The largest absolute Gasteiger partial charge is 0.481 e. The van der Waals surface area contributed by atoms with E-state index in [1.165, 1.54) is 0 Å². The molecule has 0 saturated heterocycles. The minimum absolute atomic E-state index is 0.136. The van der Waals surface area contributed by atoms with Crippen molar-refractivity contribution in [3.63, 3.8) is 0 Å². The van der Waals surface area contributed by atoms with Gasteiger partial charge in [-0.25, -0.2) is 0 Å². The summed E-state index contributed by atoms with van der Waals surface area (Å²) in [4.78, 5) is 22.9. The number of carboxylic acid groups (broad SMARTS) is 1. The van der Waals surface area contributed by atoms with E-state index in [9.17, 15) is 9.59 Å². The second-order valence-electron chi connectivity index (χ2n) is 4.97. The van der Waals surface area contributed by atoms with Crippen LogP contribution in [0.25, 0.3) is 0 Å². The zero-order chi connectivity index (χ0) is 13.8. The van der Waals surface area contributed by atoms with E-state index in [1.54, 1.807) is 24.3 Å². The molecule has 1 aliphatic rings. The molecule has 1 aromatic carbocycles. The molecule has 0 radical (unpaired) electrons. The number of amides is 1. The second-order valence-corrected chi connectivity index (χ2v) is 4.97. The van der Waals surface area contributed by atoms with Crippen LogP contribution in [-0.2, 0) is 16.0 Å². The maximum atomic E-state index is 11.9. The van der Waals surface area contributed by atoms with Gasteiger partial charge in [0, 0.05) is 11.7 Å². The van der Waals surface area contributed by atoms with Gasteiger partial charge in [0.2, 0.25) is 5.91 Å². The first-order valence-corrected chi connectivity index (χ1v) is 6.43. The highest BCUT2D eigenvalue weighted by atomic mass is 16.4. The maximum absolute atomic E-state index is 11.9. The van der Waals surface area contributed by atoms with Crippen molar-refractivity contribution in [3.05, 3.63) is 29.8 Å². The topological polar surface area (TPSA) is 92.4 Å². The third kappa shape index (κ3) is 3.47. The molecule has 0 aliphatic heterocycles. The second kappa shape index (κ2) is 5.73. The molecular weight excluding hydrogens is 244 g/mol. The van der Waals surface area contributed by atoms with E-state index in [2.05, 4.69) is 5.32 Å². The summed E-state index contributed by atoms with van der Waals surface area (Å²) in [5, 5.41) is 11.9. The van der Waals surface area contributed by atoms with Crippen molar-refractivity contribution in [2.45, 2.75) is 31.7 Å². The van der Waals surface area contributed by atoms with Gasteiger partial charge in [0.05, 0.1) is 12.3 Å². The number of hydrogen-bond donors (Lipinski definition) is 3. The molecule has 1 saturated carbocycles. The van der Waals surface area contributed by atoms with Crippen molar-refractivity contribution in [3.8, 4) is 0 Å². The van der Waals surface area contributed by atoms with Crippen molar-refractivity contribution in [1.82, 2.24) is 5.32 Å².